The molecule has 2 unspecified atom stereocenters. The lowest BCUT2D eigenvalue weighted by Crippen LogP contribution is -2.24. The molecule has 102 valence electrons. The molecule has 4 heteroatoms. The number of hydrogen-bond donors (Lipinski definition) is 1. The van der Waals surface area contributed by atoms with Gasteiger partial charge in [-0.2, -0.15) is 0 Å². The Kier molecular flexibility index (Phi) is 6.98. The Bertz CT molecular complexity index is 382. The summed E-state index contributed by atoms with van der Waals surface area (Å²) in [5.41, 5.74) is 1.08. The normalized spacial score (nSPS) is 14.2. The number of para-hydroxylation sites is 1. The van der Waals surface area contributed by atoms with E-state index in [1.165, 1.54) is 0 Å². The van der Waals surface area contributed by atoms with Crippen LogP contribution in [0.3, 0.4) is 0 Å². The van der Waals surface area contributed by atoms with Crippen LogP contribution in [-0.4, -0.2) is 29.9 Å². The van der Waals surface area contributed by atoms with E-state index in [9.17, 15) is 4.21 Å². The summed E-state index contributed by atoms with van der Waals surface area (Å²) in [6, 6.07) is 7.98. The Morgan fingerprint density at radius 3 is 2.72 bits per heavy atom. The molecule has 1 rings (SSSR count). The molecule has 0 amide bonds. The van der Waals surface area contributed by atoms with E-state index < -0.39 is 10.8 Å². The molecule has 18 heavy (non-hydrogen) atoms. The SMILES string of the molecule is CCCCS(=O)CC(NC)c1ccccc1OC. The van der Waals surface area contributed by atoms with Gasteiger partial charge in [0.05, 0.1) is 7.11 Å². The lowest BCUT2D eigenvalue weighted by atomic mass is 10.1. The molecule has 0 aliphatic carbocycles. The first-order valence-electron chi connectivity index (χ1n) is 6.38. The van der Waals surface area contributed by atoms with E-state index in [1.54, 1.807) is 7.11 Å². The van der Waals surface area contributed by atoms with Gasteiger partial charge in [0, 0.05) is 33.9 Å². The fraction of sp³-hybridized carbons (Fsp3) is 0.571. The van der Waals surface area contributed by atoms with E-state index in [0.29, 0.717) is 5.75 Å². The van der Waals surface area contributed by atoms with Gasteiger partial charge in [0.1, 0.15) is 5.75 Å². The van der Waals surface area contributed by atoms with Crippen molar-refractivity contribution in [1.82, 2.24) is 5.32 Å². The zero-order valence-electron chi connectivity index (χ0n) is 11.4. The van der Waals surface area contributed by atoms with Crippen molar-refractivity contribution in [3.05, 3.63) is 29.8 Å². The van der Waals surface area contributed by atoms with Crippen LogP contribution in [0.2, 0.25) is 0 Å². The molecule has 0 bridgehead atoms. The molecule has 0 radical (unpaired) electrons. The van der Waals surface area contributed by atoms with Crippen molar-refractivity contribution in [2.75, 3.05) is 25.7 Å². The summed E-state index contributed by atoms with van der Waals surface area (Å²) in [5, 5.41) is 3.23. The van der Waals surface area contributed by atoms with E-state index in [-0.39, 0.29) is 6.04 Å². The number of nitrogens with one attached hydrogen (secondary N) is 1. The monoisotopic (exact) mass is 269 g/mol. The summed E-state index contributed by atoms with van der Waals surface area (Å²) in [6.45, 7) is 2.12. The smallest absolute Gasteiger partial charge is 0.123 e. The van der Waals surface area contributed by atoms with Crippen LogP contribution >= 0.6 is 0 Å². The minimum Gasteiger partial charge on any atom is -0.496 e. The van der Waals surface area contributed by atoms with Gasteiger partial charge in [-0.1, -0.05) is 31.5 Å². The van der Waals surface area contributed by atoms with E-state index >= 15 is 0 Å². The molecule has 0 fully saturated rings. The molecule has 0 saturated carbocycles. The number of benzene rings is 1. The average Bonchev–Trinajstić information content (AvgIpc) is 2.42. The van der Waals surface area contributed by atoms with Gasteiger partial charge in [-0.25, -0.2) is 0 Å². The van der Waals surface area contributed by atoms with Crippen molar-refractivity contribution in [2.45, 2.75) is 25.8 Å². The lowest BCUT2D eigenvalue weighted by molar-refractivity contribution is 0.404. The third-order valence-electron chi connectivity index (χ3n) is 2.94. The van der Waals surface area contributed by atoms with E-state index in [4.69, 9.17) is 4.74 Å². The van der Waals surface area contributed by atoms with Crippen molar-refractivity contribution in [1.29, 1.82) is 0 Å². The molecule has 0 spiro atoms. The Balaban J connectivity index is 2.73. The summed E-state index contributed by atoms with van der Waals surface area (Å²) >= 11 is 0. The maximum absolute atomic E-state index is 12.0. The van der Waals surface area contributed by atoms with Crippen molar-refractivity contribution in [3.8, 4) is 5.75 Å². The molecule has 1 aromatic rings. The lowest BCUT2D eigenvalue weighted by Gasteiger charge is -2.18. The third-order valence-corrected chi connectivity index (χ3v) is 4.39. The second kappa shape index (κ2) is 8.27. The van der Waals surface area contributed by atoms with Gasteiger partial charge < -0.3 is 10.1 Å². The zero-order chi connectivity index (χ0) is 13.4. The summed E-state index contributed by atoms with van der Waals surface area (Å²) in [4.78, 5) is 0. The van der Waals surface area contributed by atoms with Crippen molar-refractivity contribution < 1.29 is 8.95 Å². The van der Waals surface area contributed by atoms with Crippen molar-refractivity contribution in [3.63, 3.8) is 0 Å². The fourth-order valence-electron chi connectivity index (χ4n) is 1.86. The quantitative estimate of drug-likeness (QED) is 0.788. The zero-order valence-corrected chi connectivity index (χ0v) is 12.3. The second-order valence-corrected chi connectivity index (χ2v) is 5.87. The van der Waals surface area contributed by atoms with Gasteiger partial charge in [-0.3, -0.25) is 4.21 Å². The number of hydrogen-bond acceptors (Lipinski definition) is 3. The molecule has 1 aromatic carbocycles. The van der Waals surface area contributed by atoms with Crippen LogP contribution in [0.15, 0.2) is 24.3 Å². The van der Waals surface area contributed by atoms with Gasteiger partial charge in [0.15, 0.2) is 0 Å². The molecule has 0 saturated heterocycles. The van der Waals surface area contributed by atoms with Crippen LogP contribution in [0.1, 0.15) is 31.4 Å². The van der Waals surface area contributed by atoms with Gasteiger partial charge in [0.2, 0.25) is 0 Å². The molecule has 1 N–H and O–H groups in total. The standard InChI is InChI=1S/C14H23NO2S/c1-4-5-10-18(16)11-13(15-2)12-8-6-7-9-14(12)17-3/h6-9,13,15H,4-5,10-11H2,1-3H3. The number of ether oxygens (including phenoxy) is 1. The van der Waals surface area contributed by atoms with Gasteiger partial charge in [-0.05, 0) is 19.5 Å². The summed E-state index contributed by atoms with van der Waals surface area (Å²) in [5.74, 6) is 2.27. The molecular formula is C14H23NO2S. The minimum atomic E-state index is -0.779. The van der Waals surface area contributed by atoms with E-state index in [2.05, 4.69) is 12.2 Å². The highest BCUT2D eigenvalue weighted by Crippen LogP contribution is 2.25. The molecular weight excluding hydrogens is 246 g/mol. The Labute approximate surface area is 112 Å². The van der Waals surface area contributed by atoms with Crippen LogP contribution in [0, 0.1) is 0 Å². The second-order valence-electron chi connectivity index (χ2n) is 4.25. The molecule has 0 aliphatic rings. The van der Waals surface area contributed by atoms with E-state index in [1.807, 2.05) is 31.3 Å². The third kappa shape index (κ3) is 4.42. The predicted molar refractivity (Wildman–Crippen MR) is 77.6 cm³/mol. The van der Waals surface area contributed by atoms with Crippen LogP contribution < -0.4 is 10.1 Å². The Morgan fingerprint density at radius 1 is 1.39 bits per heavy atom. The summed E-state index contributed by atoms with van der Waals surface area (Å²) < 4.78 is 17.3. The molecule has 2 atom stereocenters. The molecule has 0 aliphatic heterocycles. The highest BCUT2D eigenvalue weighted by atomic mass is 32.2. The summed E-state index contributed by atoms with van der Waals surface area (Å²) in [6.07, 6.45) is 2.11. The van der Waals surface area contributed by atoms with Gasteiger partial charge >= 0.3 is 0 Å². The number of unbranched alkanes of at least 4 members (excludes halogenated alkanes) is 1. The van der Waals surface area contributed by atoms with Crippen LogP contribution in [-0.2, 0) is 10.8 Å². The molecule has 0 heterocycles. The van der Waals surface area contributed by atoms with E-state index in [0.717, 1.165) is 29.9 Å². The fourth-order valence-corrected chi connectivity index (χ4v) is 3.35. The molecule has 0 aromatic heterocycles. The van der Waals surface area contributed by atoms with Crippen molar-refractivity contribution >= 4 is 10.8 Å². The highest BCUT2D eigenvalue weighted by molar-refractivity contribution is 7.85. The molecule has 3 nitrogen and oxygen atoms in total. The Morgan fingerprint density at radius 2 is 2.11 bits per heavy atom. The van der Waals surface area contributed by atoms with Crippen LogP contribution in [0.5, 0.6) is 5.75 Å². The van der Waals surface area contributed by atoms with Crippen LogP contribution in [0.25, 0.3) is 0 Å². The van der Waals surface area contributed by atoms with Crippen molar-refractivity contribution in [2.24, 2.45) is 0 Å². The van der Waals surface area contributed by atoms with Gasteiger partial charge in [-0.15, -0.1) is 0 Å². The largest absolute Gasteiger partial charge is 0.496 e. The van der Waals surface area contributed by atoms with Crippen LogP contribution in [0.4, 0.5) is 0 Å². The first-order chi connectivity index (χ1) is 8.72. The maximum Gasteiger partial charge on any atom is 0.123 e. The summed E-state index contributed by atoms with van der Waals surface area (Å²) in [7, 11) is 2.78. The highest BCUT2D eigenvalue weighted by Gasteiger charge is 2.16. The number of rotatable bonds is 8. The minimum absolute atomic E-state index is 0.0823. The number of methoxy groups -OCH3 is 1. The first-order valence-corrected chi connectivity index (χ1v) is 7.86. The maximum atomic E-state index is 12.0. The first kappa shape index (κ1) is 15.2. The predicted octanol–water partition coefficient (Wildman–Crippen LogP) is 2.50. The topological polar surface area (TPSA) is 38.3 Å². The van der Waals surface area contributed by atoms with Gasteiger partial charge in [0.25, 0.3) is 0 Å². The average molecular weight is 269 g/mol. The Hall–Kier alpha value is -0.870.